The Kier molecular flexibility index (Phi) is 7.34. The highest BCUT2D eigenvalue weighted by Crippen LogP contribution is 2.11. The van der Waals surface area contributed by atoms with Crippen molar-refractivity contribution in [3.8, 4) is 5.75 Å². The molecule has 0 aromatic heterocycles. The van der Waals surface area contributed by atoms with Gasteiger partial charge in [-0.2, -0.15) is 0 Å². The zero-order valence-electron chi connectivity index (χ0n) is 11.0. The molecule has 1 aromatic carbocycles. The van der Waals surface area contributed by atoms with Crippen molar-refractivity contribution in [2.75, 3.05) is 25.4 Å². The largest absolute Gasteiger partial charge is 0.493 e. The molecule has 0 aliphatic heterocycles. The van der Waals surface area contributed by atoms with Gasteiger partial charge in [-0.05, 0) is 26.3 Å². The van der Waals surface area contributed by atoms with Crippen LogP contribution >= 0.6 is 11.8 Å². The summed E-state index contributed by atoms with van der Waals surface area (Å²) in [6.45, 7) is 6.17. The molecule has 0 fully saturated rings. The quantitative estimate of drug-likeness (QED) is 0.708. The standard InChI is InChI=1S/C14H20NO2S/c1-3-15(4-2)14(16)18-12-8-11-17-13-9-6-5-7-10-13/h5-7,9H,3-4,8,11-12H2,1-2H3. The molecule has 0 aliphatic carbocycles. The second kappa shape index (κ2) is 8.86. The Morgan fingerprint density at radius 2 is 2.17 bits per heavy atom. The fraction of sp³-hybridized carbons (Fsp3) is 0.500. The molecule has 18 heavy (non-hydrogen) atoms. The number of hydrogen-bond donors (Lipinski definition) is 0. The third kappa shape index (κ3) is 5.45. The Bertz CT molecular complexity index is 339. The lowest BCUT2D eigenvalue weighted by atomic mass is 10.3. The van der Waals surface area contributed by atoms with Crippen LogP contribution in [0.5, 0.6) is 5.75 Å². The summed E-state index contributed by atoms with van der Waals surface area (Å²) in [6, 6.07) is 10.5. The van der Waals surface area contributed by atoms with Crippen LogP contribution in [0.4, 0.5) is 4.79 Å². The lowest BCUT2D eigenvalue weighted by molar-refractivity contribution is 0.228. The van der Waals surface area contributed by atoms with Crippen LogP contribution in [0.2, 0.25) is 0 Å². The number of amides is 1. The van der Waals surface area contributed by atoms with Crippen molar-refractivity contribution in [1.82, 2.24) is 4.90 Å². The topological polar surface area (TPSA) is 29.5 Å². The summed E-state index contributed by atoms with van der Waals surface area (Å²) in [5, 5.41) is 0.159. The summed E-state index contributed by atoms with van der Waals surface area (Å²) >= 11 is 1.37. The van der Waals surface area contributed by atoms with Crippen LogP contribution in [0.1, 0.15) is 20.3 Å². The summed E-state index contributed by atoms with van der Waals surface area (Å²) in [5.41, 5.74) is 0. The van der Waals surface area contributed by atoms with Gasteiger partial charge in [-0.3, -0.25) is 4.79 Å². The van der Waals surface area contributed by atoms with E-state index < -0.39 is 0 Å². The first-order valence-corrected chi connectivity index (χ1v) is 7.27. The van der Waals surface area contributed by atoms with E-state index in [2.05, 4.69) is 6.07 Å². The van der Waals surface area contributed by atoms with E-state index >= 15 is 0 Å². The molecule has 1 rings (SSSR count). The van der Waals surface area contributed by atoms with Gasteiger partial charge in [-0.1, -0.05) is 30.0 Å². The van der Waals surface area contributed by atoms with Crippen LogP contribution in [0.15, 0.2) is 24.3 Å². The van der Waals surface area contributed by atoms with E-state index in [-0.39, 0.29) is 5.24 Å². The minimum atomic E-state index is 0.159. The van der Waals surface area contributed by atoms with Crippen LogP contribution < -0.4 is 4.74 Å². The Morgan fingerprint density at radius 3 is 2.78 bits per heavy atom. The normalized spacial score (nSPS) is 10.1. The van der Waals surface area contributed by atoms with E-state index in [9.17, 15) is 4.79 Å². The Labute approximate surface area is 114 Å². The molecule has 0 aliphatic rings. The molecule has 0 saturated carbocycles. The molecule has 0 unspecified atom stereocenters. The van der Waals surface area contributed by atoms with Gasteiger partial charge in [0.25, 0.3) is 5.24 Å². The average molecular weight is 266 g/mol. The molecule has 1 radical (unpaired) electrons. The van der Waals surface area contributed by atoms with Crippen molar-refractivity contribution in [1.29, 1.82) is 0 Å². The molecule has 3 nitrogen and oxygen atoms in total. The third-order valence-corrected chi connectivity index (χ3v) is 3.47. The summed E-state index contributed by atoms with van der Waals surface area (Å²) in [5.74, 6) is 1.56. The lowest BCUT2D eigenvalue weighted by Gasteiger charge is -2.17. The van der Waals surface area contributed by atoms with Gasteiger partial charge in [0, 0.05) is 24.9 Å². The van der Waals surface area contributed by atoms with Crippen LogP contribution in [-0.4, -0.2) is 35.6 Å². The number of para-hydroxylation sites is 1. The SMILES string of the molecule is CCN(CC)C(=O)SCCCOc1[c]cccc1. The molecule has 0 spiro atoms. The molecular weight excluding hydrogens is 246 g/mol. The minimum Gasteiger partial charge on any atom is -0.493 e. The fourth-order valence-corrected chi connectivity index (χ4v) is 2.32. The number of carbonyl (C=O) groups is 1. The van der Waals surface area contributed by atoms with Crippen molar-refractivity contribution in [2.45, 2.75) is 20.3 Å². The van der Waals surface area contributed by atoms with Crippen LogP contribution in [0.3, 0.4) is 0 Å². The van der Waals surface area contributed by atoms with E-state index in [0.717, 1.165) is 31.0 Å². The number of hydrogen-bond acceptors (Lipinski definition) is 3. The zero-order valence-corrected chi connectivity index (χ0v) is 11.8. The van der Waals surface area contributed by atoms with E-state index in [0.29, 0.717) is 6.61 Å². The van der Waals surface area contributed by atoms with Gasteiger partial charge in [0.05, 0.1) is 6.61 Å². The van der Waals surface area contributed by atoms with Crippen molar-refractivity contribution in [3.05, 3.63) is 30.3 Å². The average Bonchev–Trinajstić information content (AvgIpc) is 2.41. The molecule has 0 heterocycles. The van der Waals surface area contributed by atoms with Crippen molar-refractivity contribution >= 4 is 17.0 Å². The summed E-state index contributed by atoms with van der Waals surface area (Å²) in [7, 11) is 0. The number of ether oxygens (including phenoxy) is 1. The van der Waals surface area contributed by atoms with E-state index in [4.69, 9.17) is 4.74 Å². The number of thioether (sulfide) groups is 1. The highest BCUT2D eigenvalue weighted by atomic mass is 32.2. The maximum absolute atomic E-state index is 11.7. The smallest absolute Gasteiger partial charge is 0.281 e. The molecule has 0 bridgehead atoms. The molecule has 0 atom stereocenters. The number of rotatable bonds is 7. The van der Waals surface area contributed by atoms with Gasteiger partial charge in [-0.15, -0.1) is 0 Å². The minimum absolute atomic E-state index is 0.159. The highest BCUT2D eigenvalue weighted by molar-refractivity contribution is 8.13. The third-order valence-electron chi connectivity index (χ3n) is 2.47. The van der Waals surface area contributed by atoms with Crippen LogP contribution in [0.25, 0.3) is 0 Å². The maximum atomic E-state index is 11.7. The Morgan fingerprint density at radius 1 is 1.39 bits per heavy atom. The van der Waals surface area contributed by atoms with Gasteiger partial charge in [0.1, 0.15) is 5.75 Å². The molecule has 4 heteroatoms. The highest BCUT2D eigenvalue weighted by Gasteiger charge is 2.09. The van der Waals surface area contributed by atoms with Gasteiger partial charge in [0.2, 0.25) is 0 Å². The van der Waals surface area contributed by atoms with Crippen molar-refractivity contribution < 1.29 is 9.53 Å². The predicted octanol–water partition coefficient (Wildman–Crippen LogP) is 3.45. The first-order valence-electron chi connectivity index (χ1n) is 6.29. The fourth-order valence-electron chi connectivity index (χ4n) is 1.44. The van der Waals surface area contributed by atoms with Crippen LogP contribution in [-0.2, 0) is 0 Å². The van der Waals surface area contributed by atoms with E-state index in [1.165, 1.54) is 11.8 Å². The number of nitrogens with zero attached hydrogens (tertiary/aromatic N) is 1. The molecular formula is C14H20NO2S. The van der Waals surface area contributed by atoms with Gasteiger partial charge in [0.15, 0.2) is 0 Å². The van der Waals surface area contributed by atoms with E-state index in [1.54, 1.807) is 0 Å². The molecule has 0 saturated heterocycles. The summed E-state index contributed by atoms with van der Waals surface area (Å²) < 4.78 is 5.51. The number of carbonyl (C=O) groups excluding carboxylic acids is 1. The molecule has 0 N–H and O–H groups in total. The first-order chi connectivity index (χ1) is 8.77. The zero-order chi connectivity index (χ0) is 13.2. The lowest BCUT2D eigenvalue weighted by Crippen LogP contribution is -2.27. The maximum Gasteiger partial charge on any atom is 0.281 e. The molecule has 99 valence electrons. The summed E-state index contributed by atoms with van der Waals surface area (Å²) in [6.07, 6.45) is 0.862. The Balaban J connectivity index is 2.10. The van der Waals surface area contributed by atoms with Crippen molar-refractivity contribution in [2.24, 2.45) is 0 Å². The van der Waals surface area contributed by atoms with Gasteiger partial charge >= 0.3 is 0 Å². The second-order valence-corrected chi connectivity index (χ2v) is 4.76. The molecule has 1 aromatic rings. The van der Waals surface area contributed by atoms with Crippen LogP contribution in [0, 0.1) is 6.07 Å². The second-order valence-electron chi connectivity index (χ2n) is 3.72. The summed E-state index contributed by atoms with van der Waals surface area (Å²) in [4.78, 5) is 13.5. The predicted molar refractivity (Wildman–Crippen MR) is 76.2 cm³/mol. The van der Waals surface area contributed by atoms with Gasteiger partial charge in [-0.25, -0.2) is 0 Å². The number of benzene rings is 1. The first kappa shape index (κ1) is 14.9. The monoisotopic (exact) mass is 266 g/mol. The van der Waals surface area contributed by atoms with Crippen molar-refractivity contribution in [3.63, 3.8) is 0 Å². The van der Waals surface area contributed by atoms with E-state index in [1.807, 2.05) is 43.0 Å². The van der Waals surface area contributed by atoms with Gasteiger partial charge < -0.3 is 9.64 Å². The molecule has 1 amide bonds. The Hall–Kier alpha value is -1.16.